The summed E-state index contributed by atoms with van der Waals surface area (Å²) in [6.45, 7) is 0. The van der Waals surface area contributed by atoms with Crippen LogP contribution in [0.4, 0.5) is 18.9 Å². The van der Waals surface area contributed by atoms with Crippen LogP contribution in [-0.2, 0) is 11.0 Å². The van der Waals surface area contributed by atoms with Gasteiger partial charge in [-0.1, -0.05) is 0 Å². The average Bonchev–Trinajstić information content (AvgIpc) is 2.24. The minimum Gasteiger partial charge on any atom is -0.369 e. The quantitative estimate of drug-likeness (QED) is 0.520. The molecule has 0 heterocycles. The Kier molecular flexibility index (Phi) is 4.17. The van der Waals surface area contributed by atoms with Gasteiger partial charge in [-0.15, -0.1) is 11.8 Å². The van der Waals surface area contributed by atoms with Crippen LogP contribution in [0.5, 0.6) is 0 Å². The molecule has 0 aliphatic carbocycles. The zero-order valence-electron chi connectivity index (χ0n) is 8.73. The SMILES string of the molecule is NC(=O)CSc1ccc(C(F)(F)F)cc1[N+](=O)[O-]. The third-order valence-electron chi connectivity index (χ3n) is 1.85. The van der Waals surface area contributed by atoms with E-state index in [0.29, 0.717) is 6.07 Å². The number of primary amides is 1. The minimum atomic E-state index is -4.66. The summed E-state index contributed by atoms with van der Waals surface area (Å²) in [5.41, 5.74) is 3.04. The molecule has 0 spiro atoms. The lowest BCUT2D eigenvalue weighted by molar-refractivity contribution is -0.388. The van der Waals surface area contributed by atoms with Gasteiger partial charge in [0, 0.05) is 6.07 Å². The van der Waals surface area contributed by atoms with Gasteiger partial charge in [0.05, 0.1) is 21.1 Å². The first-order chi connectivity index (χ1) is 8.21. The first kappa shape index (κ1) is 14.3. The molecule has 0 saturated heterocycles. The fourth-order valence-electron chi connectivity index (χ4n) is 1.11. The van der Waals surface area contributed by atoms with Crippen molar-refractivity contribution in [1.82, 2.24) is 0 Å². The average molecular weight is 280 g/mol. The fourth-order valence-corrected chi connectivity index (χ4v) is 1.85. The van der Waals surface area contributed by atoms with Gasteiger partial charge in [0.1, 0.15) is 0 Å². The smallest absolute Gasteiger partial charge is 0.369 e. The number of nitrogens with two attached hydrogens (primary N) is 1. The Morgan fingerprint density at radius 2 is 2.06 bits per heavy atom. The first-order valence-corrected chi connectivity index (χ1v) is 5.47. The van der Waals surface area contributed by atoms with Gasteiger partial charge < -0.3 is 5.73 Å². The standard InChI is InChI=1S/C9H7F3N2O3S/c10-9(11,12)5-1-2-7(18-4-8(13)15)6(3-5)14(16)17/h1-3H,4H2,(H2,13,15). The second kappa shape index (κ2) is 5.25. The number of alkyl halides is 3. The molecule has 18 heavy (non-hydrogen) atoms. The van der Waals surface area contributed by atoms with E-state index in [9.17, 15) is 28.1 Å². The van der Waals surface area contributed by atoms with Crippen molar-refractivity contribution >= 4 is 23.4 Å². The van der Waals surface area contributed by atoms with Gasteiger partial charge in [-0.05, 0) is 12.1 Å². The van der Waals surface area contributed by atoms with Gasteiger partial charge in [0.2, 0.25) is 5.91 Å². The summed E-state index contributed by atoms with van der Waals surface area (Å²) in [5, 5.41) is 10.7. The topological polar surface area (TPSA) is 86.2 Å². The van der Waals surface area contributed by atoms with Gasteiger partial charge in [0.25, 0.3) is 5.69 Å². The molecule has 0 bridgehead atoms. The van der Waals surface area contributed by atoms with E-state index in [0.717, 1.165) is 23.9 Å². The fraction of sp³-hybridized carbons (Fsp3) is 0.222. The molecule has 1 aromatic carbocycles. The molecule has 0 atom stereocenters. The monoisotopic (exact) mass is 280 g/mol. The van der Waals surface area contributed by atoms with E-state index in [1.165, 1.54) is 0 Å². The number of hydrogen-bond acceptors (Lipinski definition) is 4. The third-order valence-corrected chi connectivity index (χ3v) is 2.94. The molecule has 0 aliphatic heterocycles. The van der Waals surface area contributed by atoms with E-state index in [1.54, 1.807) is 0 Å². The summed E-state index contributed by atoms with van der Waals surface area (Å²) < 4.78 is 37.1. The zero-order valence-corrected chi connectivity index (χ0v) is 9.55. The molecule has 0 aromatic heterocycles. The summed E-state index contributed by atoms with van der Waals surface area (Å²) in [5.74, 6) is -0.958. The lowest BCUT2D eigenvalue weighted by atomic mass is 10.2. The van der Waals surface area contributed by atoms with E-state index >= 15 is 0 Å². The van der Waals surface area contributed by atoms with E-state index in [1.807, 2.05) is 0 Å². The van der Waals surface area contributed by atoms with Crippen LogP contribution in [0, 0.1) is 10.1 Å². The summed E-state index contributed by atoms with van der Waals surface area (Å²) in [4.78, 5) is 20.2. The molecule has 98 valence electrons. The van der Waals surface area contributed by atoms with Gasteiger partial charge in [-0.25, -0.2) is 0 Å². The number of halogens is 3. The molecular weight excluding hydrogens is 273 g/mol. The molecule has 9 heteroatoms. The van der Waals surface area contributed by atoms with Crippen molar-refractivity contribution in [1.29, 1.82) is 0 Å². The Morgan fingerprint density at radius 1 is 1.44 bits per heavy atom. The van der Waals surface area contributed by atoms with Gasteiger partial charge in [-0.3, -0.25) is 14.9 Å². The largest absolute Gasteiger partial charge is 0.416 e. The number of rotatable bonds is 4. The minimum absolute atomic E-state index is 0.0354. The van der Waals surface area contributed by atoms with Crippen LogP contribution < -0.4 is 5.73 Å². The Balaban J connectivity index is 3.13. The van der Waals surface area contributed by atoms with Crippen molar-refractivity contribution in [2.45, 2.75) is 11.1 Å². The highest BCUT2D eigenvalue weighted by molar-refractivity contribution is 8.00. The van der Waals surface area contributed by atoms with Crippen LogP contribution in [0.2, 0.25) is 0 Å². The lowest BCUT2D eigenvalue weighted by Gasteiger charge is -2.08. The van der Waals surface area contributed by atoms with Gasteiger partial charge in [-0.2, -0.15) is 13.2 Å². The number of hydrogen-bond donors (Lipinski definition) is 1. The van der Waals surface area contributed by atoms with Crippen LogP contribution in [-0.4, -0.2) is 16.6 Å². The Hall–Kier alpha value is -1.77. The number of thioether (sulfide) groups is 1. The first-order valence-electron chi connectivity index (χ1n) is 4.48. The Morgan fingerprint density at radius 3 is 2.50 bits per heavy atom. The van der Waals surface area contributed by atoms with Crippen LogP contribution in [0.3, 0.4) is 0 Å². The van der Waals surface area contributed by atoms with Gasteiger partial charge in [0.15, 0.2) is 0 Å². The van der Waals surface area contributed by atoms with Crippen molar-refractivity contribution in [2.24, 2.45) is 5.73 Å². The van der Waals surface area contributed by atoms with Crippen molar-refractivity contribution in [3.05, 3.63) is 33.9 Å². The predicted octanol–water partition coefficient (Wildman–Crippen LogP) is 2.19. The second-order valence-electron chi connectivity index (χ2n) is 3.19. The number of nitrogens with zero attached hydrogens (tertiary/aromatic N) is 1. The molecule has 1 aromatic rings. The molecule has 0 radical (unpaired) electrons. The molecule has 0 fully saturated rings. The highest BCUT2D eigenvalue weighted by Gasteiger charge is 2.33. The summed E-state index contributed by atoms with van der Waals surface area (Å²) in [7, 11) is 0. The molecule has 0 saturated carbocycles. The summed E-state index contributed by atoms with van der Waals surface area (Å²) in [6, 6.07) is 2.11. The highest BCUT2D eigenvalue weighted by atomic mass is 32.2. The molecule has 0 aliphatic rings. The van der Waals surface area contributed by atoms with Crippen LogP contribution in [0.25, 0.3) is 0 Å². The van der Waals surface area contributed by atoms with Crippen LogP contribution in [0.15, 0.2) is 23.1 Å². The number of amides is 1. The third kappa shape index (κ3) is 3.62. The van der Waals surface area contributed by atoms with E-state index in [2.05, 4.69) is 0 Å². The maximum atomic E-state index is 12.4. The number of nitro benzene ring substituents is 1. The molecule has 1 amide bonds. The van der Waals surface area contributed by atoms with E-state index in [-0.39, 0.29) is 10.6 Å². The normalized spacial score (nSPS) is 11.3. The Labute approximate surface area is 103 Å². The molecule has 5 nitrogen and oxygen atoms in total. The maximum Gasteiger partial charge on any atom is 0.416 e. The van der Waals surface area contributed by atoms with Gasteiger partial charge >= 0.3 is 6.18 Å². The predicted molar refractivity (Wildman–Crippen MR) is 58.0 cm³/mol. The van der Waals surface area contributed by atoms with E-state index < -0.39 is 28.3 Å². The number of carbonyl (C=O) groups excluding carboxylic acids is 1. The number of benzene rings is 1. The molecule has 1 rings (SSSR count). The zero-order chi connectivity index (χ0) is 13.9. The maximum absolute atomic E-state index is 12.4. The van der Waals surface area contributed by atoms with Crippen molar-refractivity contribution < 1.29 is 22.9 Å². The van der Waals surface area contributed by atoms with Crippen molar-refractivity contribution in [3.63, 3.8) is 0 Å². The number of nitro groups is 1. The number of carbonyl (C=O) groups is 1. The molecule has 2 N–H and O–H groups in total. The Bertz CT molecular complexity index is 490. The van der Waals surface area contributed by atoms with Crippen molar-refractivity contribution in [2.75, 3.05) is 5.75 Å². The highest BCUT2D eigenvalue weighted by Crippen LogP contribution is 2.36. The molecule has 0 unspecified atom stereocenters. The molecular formula is C9H7F3N2O3S. The summed E-state index contributed by atoms with van der Waals surface area (Å²) in [6.07, 6.45) is -4.66. The van der Waals surface area contributed by atoms with Crippen LogP contribution in [0.1, 0.15) is 5.56 Å². The van der Waals surface area contributed by atoms with Crippen LogP contribution >= 0.6 is 11.8 Å². The van der Waals surface area contributed by atoms with Crippen molar-refractivity contribution in [3.8, 4) is 0 Å². The summed E-state index contributed by atoms with van der Waals surface area (Å²) >= 11 is 0.719. The van der Waals surface area contributed by atoms with E-state index in [4.69, 9.17) is 5.73 Å². The second-order valence-corrected chi connectivity index (χ2v) is 4.21. The lowest BCUT2D eigenvalue weighted by Crippen LogP contribution is -2.13.